The van der Waals surface area contributed by atoms with Crippen LogP contribution in [-0.4, -0.2) is 18.5 Å². The molecular weight excluding hydrogens is 269 g/mol. The Kier molecular flexibility index (Phi) is 6.72. The van der Waals surface area contributed by atoms with Crippen molar-refractivity contribution in [1.29, 1.82) is 0 Å². The lowest BCUT2D eigenvalue weighted by molar-refractivity contribution is 0.0944. The molecule has 0 aliphatic heterocycles. The van der Waals surface area contributed by atoms with Crippen molar-refractivity contribution < 1.29 is 18.0 Å². The normalized spacial score (nSPS) is 11.6. The van der Waals surface area contributed by atoms with Gasteiger partial charge in [0, 0.05) is 24.7 Å². The number of rotatable bonds is 4. The molecule has 1 rings (SSSR count). The maximum absolute atomic E-state index is 13.2. The Morgan fingerprint density at radius 3 is 2.28 bits per heavy atom. The number of halogens is 4. The van der Waals surface area contributed by atoms with Crippen LogP contribution in [0.25, 0.3) is 0 Å². The lowest BCUT2D eigenvalue weighted by Crippen LogP contribution is -2.30. The fourth-order valence-electron chi connectivity index (χ4n) is 1.26. The standard InChI is InChI=1S/C11H13F3N2O.ClH/c1-6(15)2-3-16-11(17)10-8(13)4-7(12)5-9(10)14;/h4-6H,2-3,15H2,1H3,(H,16,17);1H. The van der Waals surface area contributed by atoms with Crippen LogP contribution in [0, 0.1) is 17.5 Å². The van der Waals surface area contributed by atoms with E-state index in [1.165, 1.54) is 0 Å². The minimum absolute atomic E-state index is 0. The number of hydrogen-bond acceptors (Lipinski definition) is 2. The minimum atomic E-state index is -1.22. The van der Waals surface area contributed by atoms with E-state index in [0.717, 1.165) is 0 Å². The second-order valence-electron chi connectivity index (χ2n) is 3.77. The van der Waals surface area contributed by atoms with Crippen LogP contribution in [0.1, 0.15) is 23.7 Å². The quantitative estimate of drug-likeness (QED) is 0.887. The van der Waals surface area contributed by atoms with Gasteiger partial charge in [-0.2, -0.15) is 0 Å². The molecule has 7 heteroatoms. The zero-order valence-electron chi connectivity index (χ0n) is 9.67. The molecule has 0 aromatic heterocycles. The maximum Gasteiger partial charge on any atom is 0.257 e. The molecule has 0 fully saturated rings. The van der Waals surface area contributed by atoms with Gasteiger partial charge >= 0.3 is 0 Å². The van der Waals surface area contributed by atoms with E-state index in [1.54, 1.807) is 6.92 Å². The van der Waals surface area contributed by atoms with Gasteiger partial charge in [0.25, 0.3) is 5.91 Å². The fourth-order valence-corrected chi connectivity index (χ4v) is 1.26. The van der Waals surface area contributed by atoms with Gasteiger partial charge in [-0.15, -0.1) is 12.4 Å². The maximum atomic E-state index is 13.2. The highest BCUT2D eigenvalue weighted by Gasteiger charge is 2.18. The summed E-state index contributed by atoms with van der Waals surface area (Å²) in [6, 6.07) is 0.797. The minimum Gasteiger partial charge on any atom is -0.352 e. The first-order valence-corrected chi connectivity index (χ1v) is 5.10. The third-order valence-electron chi connectivity index (χ3n) is 2.12. The molecule has 3 N–H and O–H groups in total. The average Bonchev–Trinajstić information content (AvgIpc) is 2.14. The molecule has 1 unspecified atom stereocenters. The van der Waals surface area contributed by atoms with Crippen molar-refractivity contribution in [2.24, 2.45) is 5.73 Å². The van der Waals surface area contributed by atoms with Crippen LogP contribution in [0.2, 0.25) is 0 Å². The Balaban J connectivity index is 0.00000289. The van der Waals surface area contributed by atoms with Crippen molar-refractivity contribution in [3.8, 4) is 0 Å². The average molecular weight is 283 g/mol. The zero-order chi connectivity index (χ0) is 13.0. The summed E-state index contributed by atoms with van der Waals surface area (Å²) in [6.07, 6.45) is 0.482. The van der Waals surface area contributed by atoms with Crippen LogP contribution in [0.5, 0.6) is 0 Å². The molecule has 102 valence electrons. The van der Waals surface area contributed by atoms with E-state index in [0.29, 0.717) is 18.6 Å². The third kappa shape index (κ3) is 4.54. The van der Waals surface area contributed by atoms with Gasteiger partial charge in [0.05, 0.1) is 0 Å². The lowest BCUT2D eigenvalue weighted by Gasteiger charge is -2.08. The monoisotopic (exact) mass is 282 g/mol. The first-order chi connectivity index (χ1) is 7.91. The summed E-state index contributed by atoms with van der Waals surface area (Å²) in [5.74, 6) is -4.42. The van der Waals surface area contributed by atoms with Gasteiger partial charge in [-0.3, -0.25) is 4.79 Å². The summed E-state index contributed by atoms with van der Waals surface area (Å²) >= 11 is 0. The van der Waals surface area contributed by atoms with Gasteiger partial charge in [0.2, 0.25) is 0 Å². The van der Waals surface area contributed by atoms with Crippen molar-refractivity contribution in [3.63, 3.8) is 0 Å². The van der Waals surface area contributed by atoms with Crippen LogP contribution >= 0.6 is 12.4 Å². The van der Waals surface area contributed by atoms with E-state index in [1.807, 2.05) is 0 Å². The van der Waals surface area contributed by atoms with E-state index in [4.69, 9.17) is 5.73 Å². The van der Waals surface area contributed by atoms with Gasteiger partial charge in [-0.25, -0.2) is 13.2 Å². The molecule has 0 aliphatic rings. The molecule has 0 heterocycles. The fraction of sp³-hybridized carbons (Fsp3) is 0.364. The van der Waals surface area contributed by atoms with Gasteiger partial charge in [0.1, 0.15) is 23.0 Å². The molecule has 1 aromatic rings. The van der Waals surface area contributed by atoms with Crippen molar-refractivity contribution in [3.05, 3.63) is 35.1 Å². The van der Waals surface area contributed by atoms with Gasteiger partial charge in [0.15, 0.2) is 0 Å². The van der Waals surface area contributed by atoms with E-state index < -0.39 is 28.9 Å². The Bertz CT molecular complexity index is 404. The highest BCUT2D eigenvalue weighted by molar-refractivity contribution is 5.94. The topological polar surface area (TPSA) is 55.1 Å². The molecule has 1 amide bonds. The molecule has 0 saturated heterocycles. The Labute approximate surface area is 109 Å². The highest BCUT2D eigenvalue weighted by atomic mass is 35.5. The van der Waals surface area contributed by atoms with Gasteiger partial charge < -0.3 is 11.1 Å². The van der Waals surface area contributed by atoms with E-state index in [2.05, 4.69) is 5.32 Å². The Morgan fingerprint density at radius 1 is 1.33 bits per heavy atom. The summed E-state index contributed by atoms with van der Waals surface area (Å²) in [4.78, 5) is 11.4. The van der Waals surface area contributed by atoms with Crippen LogP contribution < -0.4 is 11.1 Å². The number of carbonyl (C=O) groups excluding carboxylic acids is 1. The smallest absolute Gasteiger partial charge is 0.257 e. The predicted octanol–water partition coefficient (Wildman–Crippen LogP) is 1.99. The predicted molar refractivity (Wildman–Crippen MR) is 64.2 cm³/mol. The van der Waals surface area contributed by atoms with Gasteiger partial charge in [-0.05, 0) is 13.3 Å². The number of nitrogens with one attached hydrogen (secondary N) is 1. The van der Waals surface area contributed by atoms with Crippen molar-refractivity contribution in [2.45, 2.75) is 19.4 Å². The number of nitrogens with two attached hydrogens (primary N) is 1. The van der Waals surface area contributed by atoms with Crippen molar-refractivity contribution in [1.82, 2.24) is 5.32 Å². The number of benzene rings is 1. The van der Waals surface area contributed by atoms with Crippen LogP contribution in [-0.2, 0) is 0 Å². The lowest BCUT2D eigenvalue weighted by atomic mass is 10.1. The molecule has 0 bridgehead atoms. The molecule has 0 spiro atoms. The molecule has 1 aromatic carbocycles. The Morgan fingerprint density at radius 2 is 1.83 bits per heavy atom. The molecule has 1 atom stereocenters. The number of amides is 1. The SMILES string of the molecule is CC(N)CCNC(=O)c1c(F)cc(F)cc1F.Cl. The summed E-state index contributed by atoms with van der Waals surface area (Å²) < 4.78 is 39.0. The molecule has 0 radical (unpaired) electrons. The summed E-state index contributed by atoms with van der Waals surface area (Å²) in [7, 11) is 0. The van der Waals surface area contributed by atoms with Crippen molar-refractivity contribution in [2.75, 3.05) is 6.54 Å². The van der Waals surface area contributed by atoms with Crippen LogP contribution in [0.3, 0.4) is 0 Å². The molecule has 18 heavy (non-hydrogen) atoms. The van der Waals surface area contributed by atoms with E-state index in [9.17, 15) is 18.0 Å². The molecule has 0 aliphatic carbocycles. The highest BCUT2D eigenvalue weighted by Crippen LogP contribution is 2.14. The van der Waals surface area contributed by atoms with Crippen molar-refractivity contribution >= 4 is 18.3 Å². The molecule has 3 nitrogen and oxygen atoms in total. The number of hydrogen-bond donors (Lipinski definition) is 2. The van der Waals surface area contributed by atoms with Crippen LogP contribution in [0.4, 0.5) is 13.2 Å². The van der Waals surface area contributed by atoms with E-state index >= 15 is 0 Å². The largest absolute Gasteiger partial charge is 0.352 e. The molecular formula is C11H14ClF3N2O. The second kappa shape index (κ2) is 7.23. The first-order valence-electron chi connectivity index (χ1n) is 5.10. The Hall–Kier alpha value is -1.27. The number of carbonyl (C=O) groups is 1. The summed E-state index contributed by atoms with van der Waals surface area (Å²) in [5.41, 5.74) is 4.67. The summed E-state index contributed by atoms with van der Waals surface area (Å²) in [5, 5.41) is 2.31. The van der Waals surface area contributed by atoms with Crippen LogP contribution in [0.15, 0.2) is 12.1 Å². The zero-order valence-corrected chi connectivity index (χ0v) is 10.5. The molecule has 0 saturated carbocycles. The first kappa shape index (κ1) is 16.7. The third-order valence-corrected chi connectivity index (χ3v) is 2.12. The summed E-state index contributed by atoms with van der Waals surface area (Å²) in [6.45, 7) is 1.94. The van der Waals surface area contributed by atoms with E-state index in [-0.39, 0.29) is 25.0 Å². The van der Waals surface area contributed by atoms with Gasteiger partial charge in [-0.1, -0.05) is 0 Å². The second-order valence-corrected chi connectivity index (χ2v) is 3.77.